The predicted octanol–water partition coefficient (Wildman–Crippen LogP) is 1.99. The number of hydrogen-bond donors (Lipinski definition) is 2. The second kappa shape index (κ2) is 4.56. The van der Waals surface area contributed by atoms with E-state index in [0.717, 1.165) is 48.4 Å². The number of aryl methyl sites for hydroxylation is 1. The summed E-state index contributed by atoms with van der Waals surface area (Å²) >= 11 is 0. The number of hydrogen-bond acceptors (Lipinski definition) is 3. The Labute approximate surface area is 130 Å². The molecule has 0 spiro atoms. The monoisotopic (exact) mass is 300 g/mol. The summed E-state index contributed by atoms with van der Waals surface area (Å²) in [6, 6.07) is 0. The highest BCUT2D eigenvalue weighted by atomic mass is 16.2. The molecule has 22 heavy (non-hydrogen) atoms. The number of rotatable bonds is 2. The van der Waals surface area contributed by atoms with Crippen LogP contribution >= 0.6 is 0 Å². The Hall–Kier alpha value is -1.39. The van der Waals surface area contributed by atoms with Crippen LogP contribution in [0, 0.1) is 23.7 Å². The largest absolute Gasteiger partial charge is 0.350 e. The van der Waals surface area contributed by atoms with Crippen LogP contribution in [0.5, 0.6) is 0 Å². The van der Waals surface area contributed by atoms with Gasteiger partial charge in [0.2, 0.25) is 5.91 Å². The molecule has 1 amide bonds. The van der Waals surface area contributed by atoms with Gasteiger partial charge in [0.1, 0.15) is 0 Å². The second-order valence-electron chi connectivity index (χ2n) is 8.34. The molecule has 1 heterocycles. The maximum absolute atomic E-state index is 12.8. The Morgan fingerprint density at radius 1 is 1.05 bits per heavy atom. The highest BCUT2D eigenvalue weighted by Crippen LogP contribution is 2.55. The SMILES string of the molecule is O=C(NC12CC3CC(CC(C3)C1)C2)C1CCc2n[nH]nc2C1. The van der Waals surface area contributed by atoms with Crippen LogP contribution in [-0.4, -0.2) is 26.9 Å². The number of fused-ring (bicyclic) bond motifs is 1. The molecule has 1 aromatic heterocycles. The molecule has 4 fully saturated rings. The van der Waals surface area contributed by atoms with E-state index in [1.54, 1.807) is 0 Å². The van der Waals surface area contributed by atoms with Gasteiger partial charge < -0.3 is 5.32 Å². The fourth-order valence-corrected chi connectivity index (χ4v) is 6.14. The molecule has 4 bridgehead atoms. The van der Waals surface area contributed by atoms with Crippen molar-refractivity contribution in [2.45, 2.75) is 63.3 Å². The molecule has 0 aromatic carbocycles. The van der Waals surface area contributed by atoms with Crippen molar-refractivity contribution in [2.75, 3.05) is 0 Å². The van der Waals surface area contributed by atoms with Gasteiger partial charge in [-0.3, -0.25) is 4.79 Å². The van der Waals surface area contributed by atoms with E-state index in [2.05, 4.69) is 20.7 Å². The molecule has 0 radical (unpaired) electrons. The molecule has 5 aliphatic carbocycles. The number of nitrogens with one attached hydrogen (secondary N) is 2. The number of amides is 1. The fraction of sp³-hybridized carbons (Fsp3) is 0.824. The molecule has 1 atom stereocenters. The van der Waals surface area contributed by atoms with Crippen LogP contribution in [0.25, 0.3) is 0 Å². The lowest BCUT2D eigenvalue weighted by Gasteiger charge is -2.57. The Balaban J connectivity index is 1.31. The minimum atomic E-state index is 0.0885. The van der Waals surface area contributed by atoms with Crippen LogP contribution in [-0.2, 0) is 17.6 Å². The average molecular weight is 300 g/mol. The lowest BCUT2D eigenvalue weighted by molar-refractivity contribution is -0.131. The second-order valence-corrected chi connectivity index (χ2v) is 8.34. The number of aromatic amines is 1. The maximum atomic E-state index is 12.8. The molecule has 6 rings (SSSR count). The van der Waals surface area contributed by atoms with Crippen molar-refractivity contribution in [1.29, 1.82) is 0 Å². The van der Waals surface area contributed by atoms with E-state index in [1.807, 2.05) is 0 Å². The quantitative estimate of drug-likeness (QED) is 0.877. The molecule has 5 nitrogen and oxygen atoms in total. The molecule has 0 saturated heterocycles. The zero-order valence-electron chi connectivity index (χ0n) is 13.0. The lowest BCUT2D eigenvalue weighted by Crippen LogP contribution is -2.60. The number of nitrogens with zero attached hydrogens (tertiary/aromatic N) is 2. The van der Waals surface area contributed by atoms with Crippen LogP contribution in [0.15, 0.2) is 0 Å². The molecule has 4 saturated carbocycles. The van der Waals surface area contributed by atoms with Gasteiger partial charge in [0.05, 0.1) is 11.4 Å². The first-order valence-electron chi connectivity index (χ1n) is 8.90. The zero-order chi connectivity index (χ0) is 14.7. The van der Waals surface area contributed by atoms with Crippen molar-refractivity contribution in [3.05, 3.63) is 11.4 Å². The van der Waals surface area contributed by atoms with E-state index in [0.29, 0.717) is 0 Å². The third-order valence-electron chi connectivity index (χ3n) is 6.67. The Morgan fingerprint density at radius 2 is 1.68 bits per heavy atom. The van der Waals surface area contributed by atoms with Gasteiger partial charge in [0.15, 0.2) is 0 Å². The van der Waals surface area contributed by atoms with Gasteiger partial charge >= 0.3 is 0 Å². The van der Waals surface area contributed by atoms with Crippen molar-refractivity contribution in [2.24, 2.45) is 23.7 Å². The molecule has 118 valence electrons. The molecule has 0 aliphatic heterocycles. The molecular formula is C17H24N4O. The zero-order valence-corrected chi connectivity index (χ0v) is 13.0. The first-order chi connectivity index (χ1) is 10.7. The third kappa shape index (κ3) is 2.01. The summed E-state index contributed by atoms with van der Waals surface area (Å²) in [5.74, 6) is 2.99. The number of H-pyrrole nitrogens is 1. The van der Waals surface area contributed by atoms with E-state index in [9.17, 15) is 4.79 Å². The van der Waals surface area contributed by atoms with E-state index in [1.165, 1.54) is 38.5 Å². The Bertz CT molecular complexity index is 572. The minimum Gasteiger partial charge on any atom is -0.350 e. The van der Waals surface area contributed by atoms with Gasteiger partial charge in [-0.15, -0.1) is 0 Å². The molecule has 5 aliphatic rings. The van der Waals surface area contributed by atoms with E-state index in [-0.39, 0.29) is 17.4 Å². The first-order valence-corrected chi connectivity index (χ1v) is 8.90. The molecule has 1 aromatic rings. The maximum Gasteiger partial charge on any atom is 0.223 e. The summed E-state index contributed by atoms with van der Waals surface area (Å²) in [5, 5.41) is 14.6. The van der Waals surface area contributed by atoms with Crippen molar-refractivity contribution in [3.8, 4) is 0 Å². The normalized spacial score (nSPS) is 42.2. The Kier molecular flexibility index (Phi) is 2.71. The average Bonchev–Trinajstić information content (AvgIpc) is 2.92. The van der Waals surface area contributed by atoms with E-state index >= 15 is 0 Å². The number of aromatic nitrogens is 3. The smallest absolute Gasteiger partial charge is 0.223 e. The lowest BCUT2D eigenvalue weighted by atomic mass is 9.53. The minimum absolute atomic E-state index is 0.0885. The first kappa shape index (κ1) is 13.1. The number of carbonyl (C=O) groups excluding carboxylic acids is 1. The summed E-state index contributed by atoms with van der Waals surface area (Å²) in [7, 11) is 0. The number of carbonyl (C=O) groups is 1. The topological polar surface area (TPSA) is 70.7 Å². The van der Waals surface area contributed by atoms with Crippen LogP contribution < -0.4 is 5.32 Å². The van der Waals surface area contributed by atoms with Gasteiger partial charge in [-0.1, -0.05) is 0 Å². The molecule has 2 N–H and O–H groups in total. The van der Waals surface area contributed by atoms with Crippen molar-refractivity contribution < 1.29 is 4.79 Å². The van der Waals surface area contributed by atoms with Crippen LogP contribution in [0.1, 0.15) is 56.3 Å². The van der Waals surface area contributed by atoms with Crippen LogP contribution in [0.3, 0.4) is 0 Å². The Morgan fingerprint density at radius 3 is 2.36 bits per heavy atom. The molecule has 5 heteroatoms. The predicted molar refractivity (Wildman–Crippen MR) is 80.9 cm³/mol. The molecule has 1 unspecified atom stereocenters. The van der Waals surface area contributed by atoms with Crippen LogP contribution in [0.4, 0.5) is 0 Å². The standard InChI is InChI=1S/C17H24N4O/c22-16(13-1-2-14-15(6-13)20-21-19-14)18-17-7-10-3-11(8-17)5-12(4-10)9-17/h10-13H,1-9H2,(H,18,22)(H,19,20,21). The van der Waals surface area contributed by atoms with E-state index < -0.39 is 0 Å². The highest BCUT2D eigenvalue weighted by molar-refractivity contribution is 5.80. The van der Waals surface area contributed by atoms with Gasteiger partial charge in [0, 0.05) is 17.9 Å². The third-order valence-corrected chi connectivity index (χ3v) is 6.67. The summed E-state index contributed by atoms with van der Waals surface area (Å²) < 4.78 is 0. The van der Waals surface area contributed by atoms with Gasteiger partial charge in [-0.2, -0.15) is 15.4 Å². The van der Waals surface area contributed by atoms with Gasteiger partial charge in [0.25, 0.3) is 0 Å². The molecular weight excluding hydrogens is 276 g/mol. The van der Waals surface area contributed by atoms with Gasteiger partial charge in [-0.05, 0) is 69.1 Å². The van der Waals surface area contributed by atoms with Crippen molar-refractivity contribution >= 4 is 5.91 Å². The van der Waals surface area contributed by atoms with E-state index in [4.69, 9.17) is 0 Å². The summed E-state index contributed by atoms with van der Waals surface area (Å²) in [6.07, 6.45) is 10.5. The van der Waals surface area contributed by atoms with Crippen molar-refractivity contribution in [3.63, 3.8) is 0 Å². The van der Waals surface area contributed by atoms with Crippen LogP contribution in [0.2, 0.25) is 0 Å². The summed E-state index contributed by atoms with van der Waals surface area (Å²) in [4.78, 5) is 12.8. The van der Waals surface area contributed by atoms with Gasteiger partial charge in [-0.25, -0.2) is 0 Å². The van der Waals surface area contributed by atoms with Crippen molar-refractivity contribution in [1.82, 2.24) is 20.7 Å². The summed E-state index contributed by atoms with van der Waals surface area (Å²) in [5.41, 5.74) is 2.19. The highest BCUT2D eigenvalue weighted by Gasteiger charge is 2.51. The summed E-state index contributed by atoms with van der Waals surface area (Å²) in [6.45, 7) is 0. The fourth-order valence-electron chi connectivity index (χ4n) is 6.14.